The number of methoxy groups -OCH3 is 1. The number of nitrogens with zero attached hydrogens (tertiary/aromatic N) is 1. The summed E-state index contributed by atoms with van der Waals surface area (Å²) in [6.45, 7) is -0.303. The van der Waals surface area contributed by atoms with Gasteiger partial charge in [0.1, 0.15) is 12.4 Å². The number of halogens is 2. The molecule has 0 N–H and O–H groups in total. The molecular formula is C26H19FINO5S. The molecule has 0 radical (unpaired) electrons. The van der Waals surface area contributed by atoms with E-state index in [1.807, 2.05) is 0 Å². The van der Waals surface area contributed by atoms with E-state index in [1.165, 1.54) is 13.2 Å². The first-order valence-electron chi connectivity index (χ1n) is 10.4. The molecule has 3 aromatic rings. The van der Waals surface area contributed by atoms with Crippen molar-refractivity contribution < 1.29 is 28.2 Å². The van der Waals surface area contributed by atoms with Gasteiger partial charge in [-0.15, -0.1) is 0 Å². The highest BCUT2D eigenvalue weighted by Gasteiger charge is 2.36. The van der Waals surface area contributed by atoms with Gasteiger partial charge in [0.15, 0.2) is 17.3 Å². The first-order chi connectivity index (χ1) is 16.9. The minimum atomic E-state index is -0.530. The van der Waals surface area contributed by atoms with Crippen molar-refractivity contribution in [1.29, 1.82) is 0 Å². The van der Waals surface area contributed by atoms with Crippen LogP contribution in [0.25, 0.3) is 6.08 Å². The molecule has 0 spiro atoms. The molecule has 1 aliphatic rings. The summed E-state index contributed by atoms with van der Waals surface area (Å²) in [5.41, 5.74) is 1.46. The molecule has 9 heteroatoms. The Morgan fingerprint density at radius 3 is 2.51 bits per heavy atom. The lowest BCUT2D eigenvalue weighted by Gasteiger charge is -2.14. The van der Waals surface area contributed by atoms with Gasteiger partial charge in [-0.3, -0.25) is 19.3 Å². The largest absolute Gasteiger partial charge is 0.493 e. The lowest BCUT2D eigenvalue weighted by Crippen LogP contribution is -2.33. The molecular weight excluding hydrogens is 584 g/mol. The van der Waals surface area contributed by atoms with E-state index in [1.54, 1.807) is 66.7 Å². The third-order valence-electron chi connectivity index (χ3n) is 5.15. The maximum atomic E-state index is 13.9. The minimum Gasteiger partial charge on any atom is -0.493 e. The second kappa shape index (κ2) is 11.0. The smallest absolute Gasteiger partial charge is 0.293 e. The molecule has 1 aliphatic heterocycles. The molecule has 1 heterocycles. The zero-order chi connectivity index (χ0) is 24.9. The lowest BCUT2D eigenvalue weighted by atomic mass is 10.1. The first-order valence-corrected chi connectivity index (χ1v) is 12.3. The van der Waals surface area contributed by atoms with Gasteiger partial charge in [-0.2, -0.15) is 0 Å². The van der Waals surface area contributed by atoms with Crippen molar-refractivity contribution in [2.45, 2.75) is 6.61 Å². The van der Waals surface area contributed by atoms with E-state index in [4.69, 9.17) is 9.47 Å². The van der Waals surface area contributed by atoms with Gasteiger partial charge in [0, 0.05) is 11.1 Å². The van der Waals surface area contributed by atoms with E-state index in [0.717, 1.165) is 16.7 Å². The molecule has 178 valence electrons. The van der Waals surface area contributed by atoms with Crippen LogP contribution < -0.4 is 9.47 Å². The molecule has 1 saturated heterocycles. The molecule has 0 aliphatic carbocycles. The summed E-state index contributed by atoms with van der Waals surface area (Å²) >= 11 is 2.84. The Hall–Kier alpha value is -3.18. The van der Waals surface area contributed by atoms with Crippen LogP contribution in [0, 0.1) is 9.39 Å². The number of carbonyl (C=O) groups is 3. The van der Waals surface area contributed by atoms with Gasteiger partial charge in [0.25, 0.3) is 11.1 Å². The van der Waals surface area contributed by atoms with Crippen LogP contribution >= 0.6 is 34.4 Å². The Labute approximate surface area is 219 Å². The average molecular weight is 603 g/mol. The van der Waals surface area contributed by atoms with Crippen LogP contribution in [0.5, 0.6) is 11.5 Å². The van der Waals surface area contributed by atoms with Crippen LogP contribution in [0.4, 0.5) is 9.18 Å². The van der Waals surface area contributed by atoms with Crippen molar-refractivity contribution in [3.63, 3.8) is 0 Å². The van der Waals surface area contributed by atoms with E-state index in [-0.39, 0.29) is 29.7 Å². The summed E-state index contributed by atoms with van der Waals surface area (Å²) in [5, 5.41) is -0.503. The maximum Gasteiger partial charge on any atom is 0.293 e. The fraction of sp³-hybridized carbons (Fsp3) is 0.115. The normalized spacial score (nSPS) is 14.5. The number of imide groups is 1. The van der Waals surface area contributed by atoms with Crippen molar-refractivity contribution in [3.05, 3.63) is 97.7 Å². The molecule has 4 rings (SSSR count). The van der Waals surface area contributed by atoms with E-state index in [9.17, 15) is 18.8 Å². The third kappa shape index (κ3) is 5.73. The highest BCUT2D eigenvalue weighted by Crippen LogP contribution is 2.37. The summed E-state index contributed by atoms with van der Waals surface area (Å²) in [6, 6.07) is 18.3. The molecule has 0 aromatic heterocycles. The van der Waals surface area contributed by atoms with Gasteiger partial charge < -0.3 is 9.47 Å². The summed E-state index contributed by atoms with van der Waals surface area (Å²) in [5.74, 6) is -0.368. The molecule has 0 atom stereocenters. The zero-order valence-corrected chi connectivity index (χ0v) is 21.5. The number of carbonyl (C=O) groups excluding carboxylic acids is 3. The summed E-state index contributed by atoms with van der Waals surface area (Å²) in [6.07, 6.45) is 1.57. The van der Waals surface area contributed by atoms with Gasteiger partial charge in [-0.05, 0) is 64.2 Å². The first kappa shape index (κ1) is 24.9. The Morgan fingerprint density at radius 2 is 1.80 bits per heavy atom. The number of rotatable bonds is 8. The van der Waals surface area contributed by atoms with Gasteiger partial charge in [0.2, 0.25) is 0 Å². The van der Waals surface area contributed by atoms with Crippen molar-refractivity contribution in [3.8, 4) is 11.5 Å². The zero-order valence-electron chi connectivity index (χ0n) is 18.5. The number of thioether (sulfide) groups is 1. The van der Waals surface area contributed by atoms with Crippen LogP contribution in [0.1, 0.15) is 21.5 Å². The predicted molar refractivity (Wildman–Crippen MR) is 140 cm³/mol. The molecule has 1 fully saturated rings. The standard InChI is InChI=1S/C26H19FINO5S/c1-33-22-12-16(11-20(28)24(22)34-15-18-9-5-6-10-19(18)27)13-23-25(31)29(26(32)35-23)14-21(30)17-7-3-2-4-8-17/h2-13H,14-15H2,1H3/b23-13+. The highest BCUT2D eigenvalue weighted by atomic mass is 127. The van der Waals surface area contributed by atoms with E-state index < -0.39 is 11.1 Å². The number of ether oxygens (including phenoxy) is 2. The minimum absolute atomic E-state index is 0.0205. The quantitative estimate of drug-likeness (QED) is 0.181. The van der Waals surface area contributed by atoms with Crippen molar-refractivity contribution in [2.75, 3.05) is 13.7 Å². The van der Waals surface area contributed by atoms with E-state index >= 15 is 0 Å². The van der Waals surface area contributed by atoms with E-state index in [2.05, 4.69) is 22.6 Å². The second-order valence-corrected chi connectivity index (χ2v) is 9.63. The van der Waals surface area contributed by atoms with Crippen molar-refractivity contribution >= 4 is 57.4 Å². The molecule has 6 nitrogen and oxygen atoms in total. The molecule has 3 aromatic carbocycles. The SMILES string of the molecule is COc1cc(/C=C2/SC(=O)N(CC(=O)c3ccccc3)C2=O)cc(I)c1OCc1ccccc1F. The molecule has 0 unspecified atom stereocenters. The van der Waals surface area contributed by atoms with Crippen LogP contribution in [-0.2, 0) is 11.4 Å². The molecule has 0 bridgehead atoms. The molecule has 35 heavy (non-hydrogen) atoms. The van der Waals surface area contributed by atoms with Crippen molar-refractivity contribution in [1.82, 2.24) is 4.90 Å². The maximum absolute atomic E-state index is 13.9. The number of hydrogen-bond acceptors (Lipinski definition) is 6. The number of Topliss-reactive ketones (excluding diaryl/α,β-unsaturated/α-hetero) is 1. The lowest BCUT2D eigenvalue weighted by molar-refractivity contribution is -0.122. The third-order valence-corrected chi connectivity index (χ3v) is 6.86. The van der Waals surface area contributed by atoms with Gasteiger partial charge in [-0.25, -0.2) is 4.39 Å². The summed E-state index contributed by atoms with van der Waals surface area (Å²) in [7, 11) is 1.48. The monoisotopic (exact) mass is 603 g/mol. The molecule has 2 amide bonds. The van der Waals surface area contributed by atoms with Crippen LogP contribution in [0.3, 0.4) is 0 Å². The topological polar surface area (TPSA) is 72.9 Å². The fourth-order valence-electron chi connectivity index (χ4n) is 3.38. The number of benzene rings is 3. The number of amides is 2. The molecule has 0 saturated carbocycles. The second-order valence-electron chi connectivity index (χ2n) is 7.47. The number of hydrogen-bond donors (Lipinski definition) is 0. The van der Waals surface area contributed by atoms with E-state index in [0.29, 0.717) is 31.8 Å². The Balaban J connectivity index is 1.52. The fourth-order valence-corrected chi connectivity index (χ4v) is 4.99. The Bertz CT molecular complexity index is 1330. The summed E-state index contributed by atoms with van der Waals surface area (Å²) < 4.78 is 25.9. The average Bonchev–Trinajstić information content (AvgIpc) is 3.11. The van der Waals surface area contributed by atoms with Gasteiger partial charge >= 0.3 is 0 Å². The highest BCUT2D eigenvalue weighted by molar-refractivity contribution is 14.1. The van der Waals surface area contributed by atoms with Gasteiger partial charge in [-0.1, -0.05) is 48.5 Å². The Kier molecular flexibility index (Phi) is 7.86. The summed E-state index contributed by atoms with van der Waals surface area (Å²) in [4.78, 5) is 38.9. The van der Waals surface area contributed by atoms with Crippen LogP contribution in [-0.4, -0.2) is 35.5 Å². The predicted octanol–water partition coefficient (Wildman–Crippen LogP) is 5.94. The van der Waals surface area contributed by atoms with Gasteiger partial charge in [0.05, 0.1) is 22.1 Å². The van der Waals surface area contributed by atoms with Crippen LogP contribution in [0.15, 0.2) is 71.6 Å². The van der Waals surface area contributed by atoms with Crippen LogP contribution in [0.2, 0.25) is 0 Å². The Morgan fingerprint density at radius 1 is 1.09 bits per heavy atom. The van der Waals surface area contributed by atoms with Crippen molar-refractivity contribution in [2.24, 2.45) is 0 Å². The number of ketones is 1.